The molecule has 1 atom stereocenters. The van der Waals surface area contributed by atoms with Crippen molar-refractivity contribution in [1.29, 1.82) is 5.26 Å². The van der Waals surface area contributed by atoms with Crippen molar-refractivity contribution in [3.63, 3.8) is 0 Å². The molecule has 3 aromatic rings. The summed E-state index contributed by atoms with van der Waals surface area (Å²) in [6.45, 7) is 1.78. The van der Waals surface area contributed by atoms with Gasteiger partial charge in [0.25, 0.3) is 5.91 Å². The molecule has 0 aliphatic heterocycles. The van der Waals surface area contributed by atoms with E-state index >= 15 is 0 Å². The van der Waals surface area contributed by atoms with Crippen molar-refractivity contribution >= 4 is 34.8 Å². The second kappa shape index (κ2) is 8.43. The van der Waals surface area contributed by atoms with Crippen LogP contribution in [-0.2, 0) is 0 Å². The molecule has 0 saturated heterocycles. The zero-order valence-corrected chi connectivity index (χ0v) is 16.4. The lowest BCUT2D eigenvalue weighted by Crippen LogP contribution is -2.15. The first kappa shape index (κ1) is 19.9. The average molecular weight is 413 g/mol. The molecule has 3 nitrogen and oxygen atoms in total. The number of anilines is 1. The van der Waals surface area contributed by atoms with Gasteiger partial charge in [-0.25, -0.2) is 4.39 Å². The summed E-state index contributed by atoms with van der Waals surface area (Å²) in [6.07, 6.45) is 0. The molecule has 0 aromatic heterocycles. The van der Waals surface area contributed by atoms with Crippen molar-refractivity contribution in [2.45, 2.75) is 12.8 Å². The molecule has 28 heavy (non-hydrogen) atoms. The first-order chi connectivity index (χ1) is 13.4. The monoisotopic (exact) mass is 412 g/mol. The highest BCUT2D eigenvalue weighted by Gasteiger charge is 2.19. The van der Waals surface area contributed by atoms with Gasteiger partial charge in [0.15, 0.2) is 0 Å². The van der Waals surface area contributed by atoms with Crippen LogP contribution >= 0.6 is 23.2 Å². The van der Waals surface area contributed by atoms with Gasteiger partial charge in [-0.2, -0.15) is 5.26 Å². The van der Waals surface area contributed by atoms with Crippen LogP contribution in [-0.4, -0.2) is 5.91 Å². The van der Waals surface area contributed by atoms with Crippen molar-refractivity contribution in [3.8, 4) is 6.07 Å². The first-order valence-electron chi connectivity index (χ1n) is 8.41. The smallest absolute Gasteiger partial charge is 0.258 e. The van der Waals surface area contributed by atoms with Gasteiger partial charge in [0.2, 0.25) is 0 Å². The van der Waals surface area contributed by atoms with E-state index in [0.717, 1.165) is 5.56 Å². The number of carbonyl (C=O) groups excluding carboxylic acids is 1. The molecule has 0 aliphatic rings. The summed E-state index contributed by atoms with van der Waals surface area (Å²) < 4.78 is 13.8. The van der Waals surface area contributed by atoms with E-state index in [1.54, 1.807) is 49.4 Å². The second-order valence-corrected chi connectivity index (χ2v) is 7.08. The zero-order chi connectivity index (χ0) is 20.3. The Hall–Kier alpha value is -2.87. The van der Waals surface area contributed by atoms with E-state index in [9.17, 15) is 14.4 Å². The zero-order valence-electron chi connectivity index (χ0n) is 14.8. The molecule has 6 heteroatoms. The van der Waals surface area contributed by atoms with Gasteiger partial charge in [-0.1, -0.05) is 53.5 Å². The number of rotatable bonds is 4. The molecule has 0 radical (unpaired) electrons. The lowest BCUT2D eigenvalue weighted by Gasteiger charge is -2.16. The van der Waals surface area contributed by atoms with Crippen LogP contribution in [0.25, 0.3) is 0 Å². The molecule has 0 bridgehead atoms. The molecular weight excluding hydrogens is 398 g/mol. The number of nitrogens with zero attached hydrogens (tertiary/aromatic N) is 1. The minimum Gasteiger partial charge on any atom is -0.322 e. The number of aryl methyl sites for hydroxylation is 1. The number of benzene rings is 3. The Labute approximate surface area is 172 Å². The predicted molar refractivity (Wildman–Crippen MR) is 109 cm³/mol. The summed E-state index contributed by atoms with van der Waals surface area (Å²) in [5.74, 6) is -1.76. The van der Waals surface area contributed by atoms with Gasteiger partial charge >= 0.3 is 0 Å². The Morgan fingerprint density at radius 2 is 1.79 bits per heavy atom. The highest BCUT2D eigenvalue weighted by molar-refractivity contribution is 6.32. The normalized spacial score (nSPS) is 11.5. The van der Waals surface area contributed by atoms with Crippen molar-refractivity contribution < 1.29 is 9.18 Å². The van der Waals surface area contributed by atoms with Crippen LogP contribution in [0.15, 0.2) is 60.7 Å². The first-order valence-corrected chi connectivity index (χ1v) is 9.17. The third kappa shape index (κ3) is 4.17. The van der Waals surface area contributed by atoms with Gasteiger partial charge < -0.3 is 5.32 Å². The largest absolute Gasteiger partial charge is 0.322 e. The van der Waals surface area contributed by atoms with E-state index in [4.69, 9.17) is 23.2 Å². The highest BCUT2D eigenvalue weighted by Crippen LogP contribution is 2.34. The van der Waals surface area contributed by atoms with E-state index < -0.39 is 17.6 Å². The van der Waals surface area contributed by atoms with E-state index in [2.05, 4.69) is 11.4 Å². The van der Waals surface area contributed by atoms with Gasteiger partial charge in [0.1, 0.15) is 5.82 Å². The average Bonchev–Trinajstić information content (AvgIpc) is 2.67. The number of carbonyl (C=O) groups is 1. The maximum absolute atomic E-state index is 13.8. The minimum atomic E-state index is -0.604. The Morgan fingerprint density at radius 3 is 2.43 bits per heavy atom. The predicted octanol–water partition coefficient (Wildman–Crippen LogP) is 6.35. The molecule has 0 unspecified atom stereocenters. The van der Waals surface area contributed by atoms with Crippen LogP contribution in [0.1, 0.15) is 33.0 Å². The van der Waals surface area contributed by atoms with Crippen LogP contribution in [0.4, 0.5) is 10.1 Å². The van der Waals surface area contributed by atoms with E-state index in [-0.39, 0.29) is 5.56 Å². The number of amides is 1. The maximum Gasteiger partial charge on any atom is 0.258 e. The quantitative estimate of drug-likeness (QED) is 0.542. The highest BCUT2D eigenvalue weighted by atomic mass is 35.5. The summed E-state index contributed by atoms with van der Waals surface area (Å²) in [5, 5.41) is 13.2. The van der Waals surface area contributed by atoms with Gasteiger partial charge in [-0.3, -0.25) is 4.79 Å². The second-order valence-electron chi connectivity index (χ2n) is 6.24. The van der Waals surface area contributed by atoms with Gasteiger partial charge in [0, 0.05) is 15.7 Å². The molecule has 0 fully saturated rings. The molecule has 1 amide bonds. The third-order valence-electron chi connectivity index (χ3n) is 4.35. The standard InChI is InChI=1S/C22H15Cl2FN2O/c1-13-10-17(18(12-26)14-6-8-15(23)9-7-14)19(24)11-21(13)27-22(28)16-4-2-3-5-20(16)25/h2-11,18H,1H3,(H,27,28)/t18-/m1/s1. The van der Waals surface area contributed by atoms with Crippen molar-refractivity contribution in [2.24, 2.45) is 0 Å². The van der Waals surface area contributed by atoms with Crippen LogP contribution in [0.5, 0.6) is 0 Å². The molecule has 1 N–H and O–H groups in total. The van der Waals surface area contributed by atoms with Crippen LogP contribution < -0.4 is 5.32 Å². The minimum absolute atomic E-state index is 0.0573. The summed E-state index contributed by atoms with van der Waals surface area (Å²) in [7, 11) is 0. The molecule has 140 valence electrons. The van der Waals surface area contributed by atoms with Gasteiger partial charge in [-0.15, -0.1) is 0 Å². The van der Waals surface area contributed by atoms with E-state index in [0.29, 0.717) is 26.9 Å². The van der Waals surface area contributed by atoms with Crippen LogP contribution in [0.2, 0.25) is 10.0 Å². The molecule has 3 rings (SSSR count). The molecule has 3 aromatic carbocycles. The Bertz CT molecular complexity index is 1070. The Kier molecular flexibility index (Phi) is 5.99. The number of halogens is 3. The summed E-state index contributed by atoms with van der Waals surface area (Å²) in [6, 6.07) is 18.3. The van der Waals surface area contributed by atoms with Crippen LogP contribution in [0, 0.1) is 24.1 Å². The van der Waals surface area contributed by atoms with Gasteiger partial charge in [-0.05, 0) is 53.9 Å². The Morgan fingerprint density at radius 1 is 1.11 bits per heavy atom. The van der Waals surface area contributed by atoms with Crippen molar-refractivity contribution in [2.75, 3.05) is 5.32 Å². The van der Waals surface area contributed by atoms with Gasteiger partial charge in [0.05, 0.1) is 17.6 Å². The topological polar surface area (TPSA) is 52.9 Å². The Balaban J connectivity index is 1.92. The lowest BCUT2D eigenvalue weighted by molar-refractivity contribution is 0.102. The van der Waals surface area contributed by atoms with Crippen molar-refractivity contribution in [1.82, 2.24) is 0 Å². The number of hydrogen-bond acceptors (Lipinski definition) is 2. The summed E-state index contributed by atoms with van der Waals surface area (Å²) >= 11 is 12.3. The molecule has 0 aliphatic carbocycles. The summed E-state index contributed by atoms with van der Waals surface area (Å²) in [4.78, 5) is 12.4. The number of nitrogens with one attached hydrogen (secondary N) is 1. The molecule has 0 heterocycles. The lowest BCUT2D eigenvalue weighted by atomic mass is 9.91. The fraction of sp³-hybridized carbons (Fsp3) is 0.0909. The van der Waals surface area contributed by atoms with Crippen molar-refractivity contribution in [3.05, 3.63) is 98.8 Å². The third-order valence-corrected chi connectivity index (χ3v) is 4.93. The number of nitriles is 1. The fourth-order valence-corrected chi connectivity index (χ4v) is 3.27. The van der Waals surface area contributed by atoms with E-state index in [1.165, 1.54) is 18.2 Å². The molecule has 0 saturated carbocycles. The molecule has 0 spiro atoms. The fourth-order valence-electron chi connectivity index (χ4n) is 2.87. The maximum atomic E-state index is 13.8. The van der Waals surface area contributed by atoms with E-state index in [1.807, 2.05) is 0 Å². The van der Waals surface area contributed by atoms with Crippen LogP contribution in [0.3, 0.4) is 0 Å². The number of hydrogen-bond donors (Lipinski definition) is 1. The summed E-state index contributed by atoms with van der Waals surface area (Å²) in [5.41, 5.74) is 2.48. The molecular formula is C22H15Cl2FN2O. The SMILES string of the molecule is Cc1cc([C@H](C#N)c2ccc(Cl)cc2)c(Cl)cc1NC(=O)c1ccccc1F.